The number of nitrogens with two attached hydrogens (primary N) is 1. The molecule has 0 bridgehead atoms. The van der Waals surface area contributed by atoms with Crippen LogP contribution in [0.2, 0.25) is 0 Å². The number of methoxy groups -OCH3 is 1. The second-order valence-corrected chi connectivity index (χ2v) is 4.01. The van der Waals surface area contributed by atoms with E-state index in [4.69, 9.17) is 10.5 Å². The predicted octanol–water partition coefficient (Wildman–Crippen LogP) is 1.56. The van der Waals surface area contributed by atoms with Crippen LogP contribution in [0.5, 0.6) is 5.75 Å². The summed E-state index contributed by atoms with van der Waals surface area (Å²) in [6.07, 6.45) is 1.58. The Labute approximate surface area is 106 Å². The monoisotopic (exact) mass is 244 g/mol. The molecule has 1 aromatic heterocycles. The molecule has 1 heterocycles. The van der Waals surface area contributed by atoms with Gasteiger partial charge in [0.15, 0.2) is 0 Å². The van der Waals surface area contributed by atoms with Crippen molar-refractivity contribution in [2.75, 3.05) is 12.8 Å². The average molecular weight is 244 g/mol. The van der Waals surface area contributed by atoms with Crippen molar-refractivity contribution < 1.29 is 4.74 Å². The topological polar surface area (TPSA) is 73.9 Å². The Morgan fingerprint density at radius 1 is 1.17 bits per heavy atom. The second-order valence-electron chi connectivity index (χ2n) is 4.01. The summed E-state index contributed by atoms with van der Waals surface area (Å²) in [6, 6.07) is 7.97. The summed E-state index contributed by atoms with van der Waals surface area (Å²) < 4.78 is 5.18. The van der Waals surface area contributed by atoms with Gasteiger partial charge in [-0.3, -0.25) is 0 Å². The van der Waals surface area contributed by atoms with Gasteiger partial charge < -0.3 is 10.5 Å². The quantitative estimate of drug-likeness (QED) is 0.883. The third-order valence-corrected chi connectivity index (χ3v) is 2.58. The first-order chi connectivity index (χ1) is 8.67. The molecule has 0 fully saturated rings. The molecule has 0 saturated heterocycles. The van der Waals surface area contributed by atoms with Gasteiger partial charge in [-0.15, -0.1) is 0 Å². The Hall–Kier alpha value is -2.17. The molecule has 2 aromatic rings. The molecule has 0 unspecified atom stereocenters. The SMILES string of the molecule is COc1cccc(CCc2nc(C)nc(N)n2)c1. The fourth-order valence-electron chi connectivity index (χ4n) is 1.76. The third-order valence-electron chi connectivity index (χ3n) is 2.58. The number of aryl methyl sites for hydroxylation is 3. The van der Waals surface area contributed by atoms with Crippen LogP contribution >= 0.6 is 0 Å². The van der Waals surface area contributed by atoms with Crippen molar-refractivity contribution in [1.82, 2.24) is 15.0 Å². The van der Waals surface area contributed by atoms with E-state index in [1.165, 1.54) is 5.56 Å². The lowest BCUT2D eigenvalue weighted by Crippen LogP contribution is -2.06. The van der Waals surface area contributed by atoms with Crippen LogP contribution in [0.1, 0.15) is 17.2 Å². The minimum absolute atomic E-state index is 0.281. The van der Waals surface area contributed by atoms with E-state index in [2.05, 4.69) is 21.0 Å². The van der Waals surface area contributed by atoms with Crippen LogP contribution in [0, 0.1) is 6.92 Å². The van der Waals surface area contributed by atoms with E-state index >= 15 is 0 Å². The first-order valence-corrected chi connectivity index (χ1v) is 5.77. The summed E-state index contributed by atoms with van der Waals surface area (Å²) in [7, 11) is 1.66. The Morgan fingerprint density at radius 3 is 2.72 bits per heavy atom. The minimum atomic E-state index is 0.281. The molecule has 0 amide bonds. The van der Waals surface area contributed by atoms with E-state index in [1.807, 2.05) is 25.1 Å². The molecule has 18 heavy (non-hydrogen) atoms. The molecule has 0 atom stereocenters. The summed E-state index contributed by atoms with van der Waals surface area (Å²) in [6.45, 7) is 1.81. The standard InChI is InChI=1S/C13H16N4O/c1-9-15-12(17-13(14)16-9)7-6-10-4-3-5-11(8-10)18-2/h3-5,8H,6-7H2,1-2H3,(H2,14,15,16,17). The number of rotatable bonds is 4. The van der Waals surface area contributed by atoms with Gasteiger partial charge in [-0.05, 0) is 31.0 Å². The molecule has 94 valence electrons. The normalized spacial score (nSPS) is 10.3. The zero-order valence-electron chi connectivity index (χ0n) is 10.6. The predicted molar refractivity (Wildman–Crippen MR) is 69.4 cm³/mol. The lowest BCUT2D eigenvalue weighted by atomic mass is 10.1. The van der Waals surface area contributed by atoms with Crippen LogP contribution in [0.15, 0.2) is 24.3 Å². The highest BCUT2D eigenvalue weighted by molar-refractivity contribution is 5.28. The maximum absolute atomic E-state index is 5.59. The number of nitrogens with zero attached hydrogens (tertiary/aromatic N) is 3. The summed E-state index contributed by atoms with van der Waals surface area (Å²) >= 11 is 0. The summed E-state index contributed by atoms with van der Waals surface area (Å²) in [4.78, 5) is 12.3. The lowest BCUT2D eigenvalue weighted by molar-refractivity contribution is 0.414. The van der Waals surface area contributed by atoms with Crippen LogP contribution in [0.3, 0.4) is 0 Å². The largest absolute Gasteiger partial charge is 0.497 e. The maximum Gasteiger partial charge on any atom is 0.223 e. The zero-order chi connectivity index (χ0) is 13.0. The van der Waals surface area contributed by atoms with Gasteiger partial charge in [0.05, 0.1) is 7.11 Å². The van der Waals surface area contributed by atoms with E-state index < -0.39 is 0 Å². The number of anilines is 1. The number of aromatic nitrogens is 3. The molecule has 0 spiro atoms. The van der Waals surface area contributed by atoms with Gasteiger partial charge in [0.2, 0.25) is 5.95 Å². The molecule has 5 heteroatoms. The van der Waals surface area contributed by atoms with Crippen LogP contribution < -0.4 is 10.5 Å². The summed E-state index contributed by atoms with van der Waals surface area (Å²) in [5.74, 6) is 2.52. The van der Waals surface area contributed by atoms with Gasteiger partial charge in [0, 0.05) is 6.42 Å². The Balaban J connectivity index is 2.06. The molecule has 1 aromatic carbocycles. The van der Waals surface area contributed by atoms with Crippen molar-refractivity contribution in [2.45, 2.75) is 19.8 Å². The number of nitrogen functional groups attached to an aromatic ring is 1. The second kappa shape index (κ2) is 5.44. The van der Waals surface area contributed by atoms with Crippen LogP contribution in [0.25, 0.3) is 0 Å². The van der Waals surface area contributed by atoms with Gasteiger partial charge in [-0.1, -0.05) is 12.1 Å². The molecule has 0 radical (unpaired) electrons. The van der Waals surface area contributed by atoms with Gasteiger partial charge in [0.1, 0.15) is 17.4 Å². The third kappa shape index (κ3) is 3.16. The van der Waals surface area contributed by atoms with Gasteiger partial charge in [-0.25, -0.2) is 4.98 Å². The van der Waals surface area contributed by atoms with Crippen molar-refractivity contribution >= 4 is 5.95 Å². The lowest BCUT2D eigenvalue weighted by Gasteiger charge is -2.05. The van der Waals surface area contributed by atoms with E-state index in [0.29, 0.717) is 5.82 Å². The highest BCUT2D eigenvalue weighted by atomic mass is 16.5. The Kier molecular flexibility index (Phi) is 3.72. The number of benzene rings is 1. The van der Waals surface area contributed by atoms with Crippen molar-refractivity contribution in [3.8, 4) is 5.75 Å². The molecule has 0 aliphatic heterocycles. The molecule has 2 N–H and O–H groups in total. The van der Waals surface area contributed by atoms with Gasteiger partial charge >= 0.3 is 0 Å². The molecular formula is C13H16N4O. The maximum atomic E-state index is 5.59. The van der Waals surface area contributed by atoms with Gasteiger partial charge in [-0.2, -0.15) is 9.97 Å². The molecule has 2 rings (SSSR count). The molecule has 0 saturated carbocycles. The highest BCUT2D eigenvalue weighted by Crippen LogP contribution is 2.14. The van der Waals surface area contributed by atoms with E-state index in [0.717, 1.165) is 24.4 Å². The van der Waals surface area contributed by atoms with Crippen molar-refractivity contribution in [3.05, 3.63) is 41.5 Å². The fourth-order valence-corrected chi connectivity index (χ4v) is 1.76. The zero-order valence-corrected chi connectivity index (χ0v) is 10.6. The first-order valence-electron chi connectivity index (χ1n) is 5.77. The average Bonchev–Trinajstić information content (AvgIpc) is 2.35. The van der Waals surface area contributed by atoms with Crippen LogP contribution in [-0.2, 0) is 12.8 Å². The Morgan fingerprint density at radius 2 is 2.00 bits per heavy atom. The van der Waals surface area contributed by atoms with Crippen molar-refractivity contribution in [3.63, 3.8) is 0 Å². The molecule has 0 aliphatic carbocycles. The number of hydrogen-bond donors (Lipinski definition) is 1. The summed E-state index contributed by atoms with van der Waals surface area (Å²) in [5.41, 5.74) is 6.78. The fraction of sp³-hybridized carbons (Fsp3) is 0.308. The first kappa shape index (κ1) is 12.3. The molecule has 5 nitrogen and oxygen atoms in total. The molecular weight excluding hydrogens is 228 g/mol. The van der Waals surface area contributed by atoms with E-state index in [-0.39, 0.29) is 5.95 Å². The summed E-state index contributed by atoms with van der Waals surface area (Å²) in [5, 5.41) is 0. The number of ether oxygens (including phenoxy) is 1. The van der Waals surface area contributed by atoms with E-state index in [1.54, 1.807) is 7.11 Å². The van der Waals surface area contributed by atoms with Crippen LogP contribution in [-0.4, -0.2) is 22.1 Å². The minimum Gasteiger partial charge on any atom is -0.497 e. The van der Waals surface area contributed by atoms with Crippen molar-refractivity contribution in [1.29, 1.82) is 0 Å². The Bertz CT molecular complexity index is 522. The number of hydrogen-bond acceptors (Lipinski definition) is 5. The van der Waals surface area contributed by atoms with Crippen molar-refractivity contribution in [2.24, 2.45) is 0 Å². The van der Waals surface area contributed by atoms with E-state index in [9.17, 15) is 0 Å². The van der Waals surface area contributed by atoms with Crippen LogP contribution in [0.4, 0.5) is 5.95 Å². The smallest absolute Gasteiger partial charge is 0.223 e. The highest BCUT2D eigenvalue weighted by Gasteiger charge is 2.03. The molecule has 0 aliphatic rings. The van der Waals surface area contributed by atoms with Gasteiger partial charge in [0.25, 0.3) is 0 Å².